The van der Waals surface area contributed by atoms with Crippen LogP contribution in [0, 0.1) is 17.8 Å². The summed E-state index contributed by atoms with van der Waals surface area (Å²) in [6.45, 7) is 2.31. The van der Waals surface area contributed by atoms with Gasteiger partial charge >= 0.3 is 0 Å². The van der Waals surface area contributed by atoms with Gasteiger partial charge in [0.1, 0.15) is 5.78 Å². The van der Waals surface area contributed by atoms with Gasteiger partial charge in [-0.2, -0.15) is 0 Å². The summed E-state index contributed by atoms with van der Waals surface area (Å²) in [7, 11) is 0. The van der Waals surface area contributed by atoms with Gasteiger partial charge in [0.15, 0.2) is 0 Å². The maximum absolute atomic E-state index is 11.8. The van der Waals surface area contributed by atoms with Gasteiger partial charge in [0, 0.05) is 12.3 Å². The van der Waals surface area contributed by atoms with Crippen LogP contribution in [0.25, 0.3) is 0 Å². The number of ketones is 1. The van der Waals surface area contributed by atoms with Crippen molar-refractivity contribution >= 4 is 5.78 Å². The van der Waals surface area contributed by atoms with Gasteiger partial charge in [-0.1, -0.05) is 19.8 Å². The molecular formula is C12H20O. The Kier molecular flexibility index (Phi) is 2.71. The van der Waals surface area contributed by atoms with E-state index in [1.807, 2.05) is 0 Å². The van der Waals surface area contributed by atoms with E-state index in [4.69, 9.17) is 0 Å². The van der Waals surface area contributed by atoms with E-state index in [1.54, 1.807) is 0 Å². The monoisotopic (exact) mass is 180 g/mol. The first-order chi connectivity index (χ1) is 6.25. The van der Waals surface area contributed by atoms with Crippen molar-refractivity contribution in [3.8, 4) is 0 Å². The molecule has 0 heterocycles. The van der Waals surface area contributed by atoms with Gasteiger partial charge in [-0.3, -0.25) is 4.79 Å². The molecule has 2 aliphatic carbocycles. The van der Waals surface area contributed by atoms with Crippen LogP contribution in [0.1, 0.15) is 51.9 Å². The first-order valence-electron chi connectivity index (χ1n) is 5.78. The summed E-state index contributed by atoms with van der Waals surface area (Å²) >= 11 is 0. The largest absolute Gasteiger partial charge is 0.299 e. The Morgan fingerprint density at radius 2 is 1.69 bits per heavy atom. The van der Waals surface area contributed by atoms with Gasteiger partial charge in [0.25, 0.3) is 0 Å². The first-order valence-corrected chi connectivity index (χ1v) is 5.78. The van der Waals surface area contributed by atoms with E-state index in [-0.39, 0.29) is 0 Å². The van der Waals surface area contributed by atoms with Gasteiger partial charge < -0.3 is 0 Å². The molecule has 2 saturated carbocycles. The molecule has 13 heavy (non-hydrogen) atoms. The number of rotatable bonds is 3. The van der Waals surface area contributed by atoms with Crippen molar-refractivity contribution < 1.29 is 4.79 Å². The minimum absolute atomic E-state index is 0.441. The fraction of sp³-hybridized carbons (Fsp3) is 0.917. The summed E-state index contributed by atoms with van der Waals surface area (Å²) < 4.78 is 0. The van der Waals surface area contributed by atoms with Gasteiger partial charge in [-0.25, -0.2) is 0 Å². The van der Waals surface area contributed by atoms with Gasteiger partial charge in [-0.05, 0) is 37.5 Å². The average molecular weight is 180 g/mol. The number of hydrogen-bond acceptors (Lipinski definition) is 1. The number of Topliss-reactive ketones (excluding diaryl/α,β-unsaturated/α-hetero) is 1. The normalized spacial score (nSPS) is 34.5. The van der Waals surface area contributed by atoms with E-state index >= 15 is 0 Å². The lowest BCUT2D eigenvalue weighted by Gasteiger charge is -2.24. The van der Waals surface area contributed by atoms with Crippen LogP contribution < -0.4 is 0 Å². The molecule has 0 aromatic carbocycles. The summed E-state index contributed by atoms with van der Waals surface area (Å²) in [5, 5.41) is 0. The molecule has 0 bridgehead atoms. The smallest absolute Gasteiger partial charge is 0.136 e. The maximum atomic E-state index is 11.8. The molecule has 0 atom stereocenters. The van der Waals surface area contributed by atoms with E-state index in [0.717, 1.165) is 18.3 Å². The zero-order valence-corrected chi connectivity index (χ0v) is 8.59. The molecule has 1 heteroatoms. The van der Waals surface area contributed by atoms with Crippen LogP contribution in [-0.2, 0) is 4.79 Å². The average Bonchev–Trinajstić information content (AvgIpc) is 2.89. The fourth-order valence-electron chi connectivity index (χ4n) is 2.36. The van der Waals surface area contributed by atoms with Gasteiger partial charge in [-0.15, -0.1) is 0 Å². The minimum atomic E-state index is 0.441. The van der Waals surface area contributed by atoms with Crippen LogP contribution in [0.4, 0.5) is 0 Å². The predicted octanol–water partition coefficient (Wildman–Crippen LogP) is 3.18. The second kappa shape index (κ2) is 3.81. The van der Waals surface area contributed by atoms with Crippen LogP contribution in [-0.4, -0.2) is 5.78 Å². The molecule has 0 saturated heterocycles. The molecule has 0 spiro atoms. The molecule has 2 fully saturated rings. The van der Waals surface area contributed by atoms with Crippen LogP contribution >= 0.6 is 0 Å². The van der Waals surface area contributed by atoms with Gasteiger partial charge in [0.2, 0.25) is 0 Å². The molecule has 0 aromatic rings. The molecule has 74 valence electrons. The molecule has 0 aliphatic heterocycles. The van der Waals surface area contributed by atoms with Crippen LogP contribution in [0.2, 0.25) is 0 Å². The van der Waals surface area contributed by atoms with E-state index in [1.165, 1.54) is 38.5 Å². The fourth-order valence-corrected chi connectivity index (χ4v) is 2.36. The molecule has 0 aromatic heterocycles. The predicted molar refractivity (Wildman–Crippen MR) is 53.5 cm³/mol. The second-order valence-electron chi connectivity index (χ2n) is 5.07. The number of hydrogen-bond donors (Lipinski definition) is 0. The Labute approximate surface area is 80.9 Å². The van der Waals surface area contributed by atoms with Crippen molar-refractivity contribution in [2.45, 2.75) is 51.9 Å². The SMILES string of the molecule is CC1CCC(C(=O)CC2CC2)CC1. The molecule has 0 N–H and O–H groups in total. The number of carbonyl (C=O) groups is 1. The Bertz CT molecular complexity index is 185. The number of carbonyl (C=O) groups excluding carboxylic acids is 1. The summed E-state index contributed by atoms with van der Waals surface area (Å²) in [6, 6.07) is 0. The third-order valence-corrected chi connectivity index (χ3v) is 3.66. The van der Waals surface area contributed by atoms with Crippen molar-refractivity contribution in [1.82, 2.24) is 0 Å². The first kappa shape index (κ1) is 9.23. The highest BCUT2D eigenvalue weighted by atomic mass is 16.1. The highest BCUT2D eigenvalue weighted by Gasteiger charge is 2.29. The standard InChI is InChI=1S/C12H20O/c1-9-2-6-11(7-3-9)12(13)8-10-4-5-10/h9-11H,2-8H2,1H3. The Hall–Kier alpha value is -0.330. The van der Waals surface area contributed by atoms with Crippen LogP contribution in [0.3, 0.4) is 0 Å². The van der Waals surface area contributed by atoms with Crippen LogP contribution in [0.15, 0.2) is 0 Å². The lowest BCUT2D eigenvalue weighted by molar-refractivity contribution is -0.124. The Balaban J connectivity index is 1.75. The molecule has 2 aliphatic rings. The molecule has 1 nitrogen and oxygen atoms in total. The van der Waals surface area contributed by atoms with Crippen molar-refractivity contribution in [2.75, 3.05) is 0 Å². The summed E-state index contributed by atoms with van der Waals surface area (Å²) in [4.78, 5) is 11.8. The second-order valence-corrected chi connectivity index (χ2v) is 5.07. The molecular weight excluding hydrogens is 160 g/mol. The maximum Gasteiger partial charge on any atom is 0.136 e. The molecule has 0 amide bonds. The zero-order valence-electron chi connectivity index (χ0n) is 8.59. The summed E-state index contributed by atoms with van der Waals surface area (Å²) in [6.07, 6.45) is 8.43. The molecule has 2 rings (SSSR count). The van der Waals surface area contributed by atoms with Crippen molar-refractivity contribution in [3.63, 3.8) is 0 Å². The highest BCUT2D eigenvalue weighted by Crippen LogP contribution is 2.36. The highest BCUT2D eigenvalue weighted by molar-refractivity contribution is 5.81. The Morgan fingerprint density at radius 1 is 1.08 bits per heavy atom. The third kappa shape index (κ3) is 2.55. The minimum Gasteiger partial charge on any atom is -0.299 e. The van der Waals surface area contributed by atoms with Crippen molar-refractivity contribution in [3.05, 3.63) is 0 Å². The molecule has 0 radical (unpaired) electrons. The van der Waals surface area contributed by atoms with Gasteiger partial charge in [0.05, 0.1) is 0 Å². The zero-order chi connectivity index (χ0) is 9.26. The topological polar surface area (TPSA) is 17.1 Å². The summed E-state index contributed by atoms with van der Waals surface area (Å²) in [5.74, 6) is 2.67. The van der Waals surface area contributed by atoms with E-state index in [2.05, 4.69) is 6.92 Å². The molecule has 0 unspecified atom stereocenters. The lowest BCUT2D eigenvalue weighted by atomic mass is 9.80. The van der Waals surface area contributed by atoms with E-state index < -0.39 is 0 Å². The van der Waals surface area contributed by atoms with Crippen molar-refractivity contribution in [1.29, 1.82) is 0 Å². The quantitative estimate of drug-likeness (QED) is 0.652. The van der Waals surface area contributed by atoms with E-state index in [9.17, 15) is 4.79 Å². The van der Waals surface area contributed by atoms with E-state index in [0.29, 0.717) is 11.7 Å². The van der Waals surface area contributed by atoms with Crippen molar-refractivity contribution in [2.24, 2.45) is 17.8 Å². The Morgan fingerprint density at radius 3 is 2.23 bits per heavy atom. The third-order valence-electron chi connectivity index (χ3n) is 3.66. The summed E-state index contributed by atoms with van der Waals surface area (Å²) in [5.41, 5.74) is 0. The lowest BCUT2D eigenvalue weighted by Crippen LogP contribution is -2.21. The van der Waals surface area contributed by atoms with Crippen LogP contribution in [0.5, 0.6) is 0 Å².